The number of hydrogen-bond acceptors (Lipinski definition) is 15. The van der Waals surface area contributed by atoms with Gasteiger partial charge in [0.25, 0.3) is 0 Å². The maximum atomic E-state index is 14.6. The number of pyridine rings is 2. The predicted octanol–water partition coefficient (Wildman–Crippen LogP) is 4.65. The van der Waals surface area contributed by atoms with Gasteiger partial charge in [0.05, 0.1) is 60.5 Å². The van der Waals surface area contributed by atoms with Gasteiger partial charge in [-0.3, -0.25) is 24.4 Å². The quantitative estimate of drug-likeness (QED) is 0.302. The molecule has 0 radical (unpaired) electrons. The van der Waals surface area contributed by atoms with Crippen molar-refractivity contribution in [2.75, 3.05) is 27.3 Å². The number of carbonyl (C=O) groups is 3. The molecule has 0 aromatic carbocycles. The highest BCUT2D eigenvalue weighted by Crippen LogP contribution is 2.46. The number of likely N-dealkylation sites (N-methyl/N-ethyl adjacent to an activating group) is 1. The molecule has 14 atom stereocenters. The van der Waals surface area contributed by atoms with Crippen LogP contribution in [0.5, 0.6) is 0 Å². The van der Waals surface area contributed by atoms with Crippen LogP contribution in [0.15, 0.2) is 35.7 Å². The first-order valence-electron chi connectivity index (χ1n) is 20.7. The van der Waals surface area contributed by atoms with Crippen molar-refractivity contribution in [1.29, 1.82) is 0 Å². The predicted molar refractivity (Wildman–Crippen MR) is 212 cm³/mol. The number of carbonyl (C=O) groups excluding carboxylic acids is 3. The fourth-order valence-corrected chi connectivity index (χ4v) is 9.75. The molecule has 15 heteroatoms. The SMILES string of the molecule is CC[C@H]1OC(=O)[C@H](C)[C@H]2OC/C(=N/OCc3ccnc4cccnc34)CO[C@](C)(C[C@@H](C)C(=O)[C@H](C)[C@@H]3CC(=O)O[C@]13C)[C@H](O[C@@H]1O[C@H](C)C[C@H](N(C)C)[C@H]1O)[C@H]2C. The van der Waals surface area contributed by atoms with Crippen LogP contribution in [-0.2, 0) is 54.2 Å². The molecule has 0 spiro atoms. The summed E-state index contributed by atoms with van der Waals surface area (Å²) in [5.41, 5.74) is 0.160. The maximum absolute atomic E-state index is 14.6. The Kier molecular flexibility index (Phi) is 13.6. The minimum Gasteiger partial charge on any atom is -0.458 e. The normalized spacial score (nSPS) is 40.0. The van der Waals surface area contributed by atoms with Gasteiger partial charge < -0.3 is 43.3 Å². The molecule has 6 rings (SSSR count). The van der Waals surface area contributed by atoms with Gasteiger partial charge in [0, 0.05) is 47.7 Å². The summed E-state index contributed by atoms with van der Waals surface area (Å²) in [6, 6.07) is 5.26. The molecule has 4 fully saturated rings. The number of Topliss-reactive ketones (excluding diaryl/α,β-unsaturated/α-hetero) is 1. The molecule has 6 heterocycles. The lowest BCUT2D eigenvalue weighted by atomic mass is 9.70. The van der Waals surface area contributed by atoms with Crippen molar-refractivity contribution in [2.24, 2.45) is 34.7 Å². The Balaban J connectivity index is 1.41. The van der Waals surface area contributed by atoms with Crippen molar-refractivity contribution in [1.82, 2.24) is 14.9 Å². The lowest BCUT2D eigenvalue weighted by Crippen LogP contribution is -2.60. The summed E-state index contributed by atoms with van der Waals surface area (Å²) in [6.07, 6.45) is -0.329. The van der Waals surface area contributed by atoms with Gasteiger partial charge in [0.15, 0.2) is 6.29 Å². The Bertz CT molecular complexity index is 1820. The highest BCUT2D eigenvalue weighted by molar-refractivity contribution is 5.87. The van der Waals surface area contributed by atoms with Crippen molar-refractivity contribution in [2.45, 2.75) is 142 Å². The highest BCUT2D eigenvalue weighted by Gasteiger charge is 2.57. The summed E-state index contributed by atoms with van der Waals surface area (Å²) >= 11 is 0. The Labute approximate surface area is 341 Å². The average Bonchev–Trinajstić information content (AvgIpc) is 3.52. The number of fused-ring (bicyclic) bond motifs is 5. The van der Waals surface area contributed by atoms with E-state index in [-0.39, 0.29) is 50.6 Å². The molecular formula is C43H62N4O11. The number of aliphatic hydroxyl groups is 1. The number of rotatable bonds is 7. The molecule has 4 aliphatic heterocycles. The Morgan fingerprint density at radius 2 is 1.78 bits per heavy atom. The molecule has 15 nitrogen and oxygen atoms in total. The van der Waals surface area contributed by atoms with Gasteiger partial charge in [0.2, 0.25) is 0 Å². The molecule has 320 valence electrons. The molecule has 0 saturated carbocycles. The first-order valence-corrected chi connectivity index (χ1v) is 20.7. The van der Waals surface area contributed by atoms with Gasteiger partial charge in [0.1, 0.15) is 35.9 Å². The highest BCUT2D eigenvalue weighted by atomic mass is 16.7. The summed E-state index contributed by atoms with van der Waals surface area (Å²) in [6.45, 7) is 14.8. The zero-order valence-corrected chi connectivity index (χ0v) is 35.6. The number of ketones is 1. The van der Waals surface area contributed by atoms with E-state index in [9.17, 15) is 19.5 Å². The third kappa shape index (κ3) is 8.95. The van der Waals surface area contributed by atoms with Crippen LogP contribution in [0.3, 0.4) is 0 Å². The smallest absolute Gasteiger partial charge is 0.311 e. The fraction of sp³-hybridized carbons (Fsp3) is 0.721. The van der Waals surface area contributed by atoms with E-state index >= 15 is 0 Å². The second kappa shape index (κ2) is 17.9. The summed E-state index contributed by atoms with van der Waals surface area (Å²) in [4.78, 5) is 58.6. The topological polar surface area (TPSA) is 177 Å². The van der Waals surface area contributed by atoms with Gasteiger partial charge in [-0.05, 0) is 79.3 Å². The number of oxime groups is 1. The molecule has 58 heavy (non-hydrogen) atoms. The van der Waals surface area contributed by atoms with Crippen molar-refractivity contribution in [3.63, 3.8) is 0 Å². The first-order chi connectivity index (χ1) is 27.5. The lowest BCUT2D eigenvalue weighted by Gasteiger charge is -2.48. The number of ether oxygens (including phenoxy) is 6. The third-order valence-electron chi connectivity index (χ3n) is 13.0. The number of cyclic esters (lactones) is 1. The van der Waals surface area contributed by atoms with Crippen LogP contribution in [0, 0.1) is 29.6 Å². The van der Waals surface area contributed by atoms with E-state index in [0.717, 1.165) is 11.1 Å². The number of aromatic nitrogens is 2. The van der Waals surface area contributed by atoms with Gasteiger partial charge in [-0.25, -0.2) is 0 Å². The molecule has 0 amide bonds. The van der Waals surface area contributed by atoms with E-state index in [4.69, 9.17) is 33.3 Å². The number of esters is 2. The summed E-state index contributed by atoms with van der Waals surface area (Å²) in [5.74, 6) is -4.28. The minimum atomic E-state index is -1.24. The summed E-state index contributed by atoms with van der Waals surface area (Å²) < 4.78 is 39.0. The molecule has 4 aliphatic rings. The van der Waals surface area contributed by atoms with Crippen LogP contribution in [0.25, 0.3) is 11.0 Å². The molecule has 0 unspecified atom stereocenters. The van der Waals surface area contributed by atoms with Gasteiger partial charge in [-0.1, -0.05) is 32.9 Å². The first kappa shape index (κ1) is 44.0. The molecule has 0 aliphatic carbocycles. The second-order valence-corrected chi connectivity index (χ2v) is 17.5. The van der Waals surface area contributed by atoms with Crippen molar-refractivity contribution in [3.8, 4) is 0 Å². The minimum absolute atomic E-state index is 0.0231. The third-order valence-corrected chi connectivity index (χ3v) is 13.0. The average molecular weight is 811 g/mol. The van der Waals surface area contributed by atoms with Crippen LogP contribution in [0.1, 0.15) is 86.6 Å². The van der Waals surface area contributed by atoms with Crippen LogP contribution < -0.4 is 0 Å². The Morgan fingerprint density at radius 3 is 2.50 bits per heavy atom. The summed E-state index contributed by atoms with van der Waals surface area (Å²) in [5, 5.41) is 16.2. The fourth-order valence-electron chi connectivity index (χ4n) is 9.75. The number of nitrogens with zero attached hydrogens (tertiary/aromatic N) is 4. The van der Waals surface area contributed by atoms with Gasteiger partial charge >= 0.3 is 11.9 Å². The zero-order chi connectivity index (χ0) is 42.1. The van der Waals surface area contributed by atoms with Crippen LogP contribution in [0.2, 0.25) is 0 Å². The molecule has 1 N–H and O–H groups in total. The monoisotopic (exact) mass is 810 g/mol. The van der Waals surface area contributed by atoms with Crippen LogP contribution >= 0.6 is 0 Å². The van der Waals surface area contributed by atoms with Crippen LogP contribution in [0.4, 0.5) is 0 Å². The molecule has 2 bridgehead atoms. The van der Waals surface area contributed by atoms with E-state index in [0.29, 0.717) is 24.1 Å². The number of aliphatic hydroxyl groups excluding tert-OH is 1. The lowest BCUT2D eigenvalue weighted by molar-refractivity contribution is -0.302. The standard InChI is InChI=1S/C43H62N4O11/c1-11-33-43(8)30(18-34(48)58-43)25(4)36(49)23(2)19-42(7)39(57-41-37(50)32(47(9)10)17-24(3)55-41)26(5)38(27(6)40(51)56-33)52-21-29(22-53-42)46-54-20-28-14-16-44-31-13-12-15-45-35(28)31/h12-16,23-27,30,32-33,37-39,41,50H,11,17-22H2,1-10H3/b46-29-/t23-,24-,25-,26+,27-,30+,32+,33-,37-,38+,39-,41+,42-,43+/m1/s1. The van der Waals surface area contributed by atoms with Crippen molar-refractivity contribution >= 4 is 34.5 Å². The zero-order valence-electron chi connectivity index (χ0n) is 35.6. The Morgan fingerprint density at radius 1 is 1.02 bits per heavy atom. The van der Waals surface area contributed by atoms with E-state index in [1.54, 1.807) is 26.2 Å². The van der Waals surface area contributed by atoms with E-state index < -0.39 is 83.4 Å². The molecule has 2 aromatic rings. The van der Waals surface area contributed by atoms with Gasteiger partial charge in [-0.15, -0.1) is 0 Å². The van der Waals surface area contributed by atoms with Crippen LogP contribution in [-0.4, -0.2) is 125 Å². The second-order valence-electron chi connectivity index (χ2n) is 17.5. The van der Waals surface area contributed by atoms with Gasteiger partial charge in [-0.2, -0.15) is 0 Å². The summed E-state index contributed by atoms with van der Waals surface area (Å²) in [7, 11) is 3.81. The molecular weight excluding hydrogens is 748 g/mol. The largest absolute Gasteiger partial charge is 0.458 e. The maximum Gasteiger partial charge on any atom is 0.311 e. The van der Waals surface area contributed by atoms with Crippen molar-refractivity contribution in [3.05, 3.63) is 36.2 Å². The molecule has 2 aromatic heterocycles. The van der Waals surface area contributed by atoms with E-state index in [1.807, 2.05) is 78.7 Å². The number of hydrogen-bond donors (Lipinski definition) is 1. The Hall–Kier alpha value is -3.60. The van der Waals surface area contributed by atoms with E-state index in [1.165, 1.54) is 0 Å². The van der Waals surface area contributed by atoms with E-state index in [2.05, 4.69) is 15.1 Å². The van der Waals surface area contributed by atoms with Crippen molar-refractivity contribution < 1.29 is 52.7 Å². The molecule has 4 saturated heterocycles.